The molecule has 1 unspecified atom stereocenters. The first-order valence-corrected chi connectivity index (χ1v) is 13.9. The average molecular weight is 560 g/mol. The van der Waals surface area contributed by atoms with Gasteiger partial charge in [0, 0.05) is 41.1 Å². The molecule has 0 spiro atoms. The number of carbonyl (C=O) groups is 1. The average Bonchev–Trinajstić information content (AvgIpc) is 3.23. The SMILES string of the molecule is C/C(=C\c1nc(CN2CCC(c3cccc(OCc4ccc(C#N)cc4F)n3)CC2)n(CC2CCO2)c1C)C(=O)O. The Morgan fingerprint density at radius 1 is 1.24 bits per heavy atom. The molecule has 1 aromatic carbocycles. The summed E-state index contributed by atoms with van der Waals surface area (Å²) in [6.07, 6.45) is 4.68. The van der Waals surface area contributed by atoms with E-state index >= 15 is 0 Å². The number of carboxylic acids is 1. The third kappa shape index (κ3) is 6.81. The molecule has 3 aromatic rings. The number of halogens is 1. The van der Waals surface area contributed by atoms with Gasteiger partial charge in [0.25, 0.3) is 0 Å². The number of nitrogens with zero attached hydrogens (tertiary/aromatic N) is 5. The van der Waals surface area contributed by atoms with Crippen molar-refractivity contribution < 1.29 is 23.8 Å². The van der Waals surface area contributed by atoms with E-state index < -0.39 is 11.8 Å². The molecule has 41 heavy (non-hydrogen) atoms. The maximum absolute atomic E-state index is 14.2. The second-order valence-electron chi connectivity index (χ2n) is 10.7. The number of rotatable bonds is 10. The molecule has 0 bridgehead atoms. The Bertz CT molecular complexity index is 1480. The number of carboxylic acid groups (broad SMARTS) is 1. The molecule has 0 amide bonds. The Kier molecular flexibility index (Phi) is 8.76. The van der Waals surface area contributed by atoms with E-state index in [0.29, 0.717) is 30.2 Å². The first-order chi connectivity index (χ1) is 19.8. The predicted octanol–water partition coefficient (Wildman–Crippen LogP) is 4.83. The molecule has 214 valence electrons. The van der Waals surface area contributed by atoms with Crippen LogP contribution >= 0.6 is 0 Å². The normalized spacial score (nSPS) is 18.1. The van der Waals surface area contributed by atoms with Gasteiger partial charge in [-0.3, -0.25) is 4.90 Å². The summed E-state index contributed by atoms with van der Waals surface area (Å²) in [5, 5.41) is 18.3. The third-order valence-electron chi connectivity index (χ3n) is 7.88. The lowest BCUT2D eigenvalue weighted by Gasteiger charge is -2.32. The number of ether oxygens (including phenoxy) is 2. The zero-order valence-electron chi connectivity index (χ0n) is 23.3. The maximum atomic E-state index is 14.2. The Morgan fingerprint density at radius 3 is 2.68 bits per heavy atom. The molecule has 2 aliphatic rings. The first-order valence-electron chi connectivity index (χ1n) is 13.9. The zero-order chi connectivity index (χ0) is 28.9. The van der Waals surface area contributed by atoms with Crippen molar-refractivity contribution in [2.24, 2.45) is 0 Å². The van der Waals surface area contributed by atoms with Crippen LogP contribution in [0.5, 0.6) is 5.88 Å². The topological polar surface area (TPSA) is 114 Å². The number of imidazole rings is 1. The molecule has 2 fully saturated rings. The molecule has 1 atom stereocenters. The van der Waals surface area contributed by atoms with E-state index in [1.54, 1.807) is 31.2 Å². The fourth-order valence-electron chi connectivity index (χ4n) is 5.22. The summed E-state index contributed by atoms with van der Waals surface area (Å²) in [5.41, 5.74) is 3.50. The Labute approximate surface area is 238 Å². The predicted molar refractivity (Wildman–Crippen MR) is 150 cm³/mol. The highest BCUT2D eigenvalue weighted by molar-refractivity contribution is 5.91. The second-order valence-corrected chi connectivity index (χ2v) is 10.7. The number of hydrogen-bond acceptors (Lipinski definition) is 7. The van der Waals surface area contributed by atoms with Crippen molar-refractivity contribution in [2.45, 2.75) is 64.8 Å². The fraction of sp³-hybridized carbons (Fsp3) is 0.419. The summed E-state index contributed by atoms with van der Waals surface area (Å²) in [6.45, 7) is 7.52. The van der Waals surface area contributed by atoms with Gasteiger partial charge in [-0.2, -0.15) is 5.26 Å². The van der Waals surface area contributed by atoms with Gasteiger partial charge in [-0.1, -0.05) is 12.1 Å². The van der Waals surface area contributed by atoms with Crippen molar-refractivity contribution >= 4 is 12.0 Å². The number of benzene rings is 1. The highest BCUT2D eigenvalue weighted by Crippen LogP contribution is 2.29. The van der Waals surface area contributed by atoms with Gasteiger partial charge in [-0.15, -0.1) is 0 Å². The van der Waals surface area contributed by atoms with E-state index in [4.69, 9.17) is 24.7 Å². The zero-order valence-corrected chi connectivity index (χ0v) is 23.3. The van der Waals surface area contributed by atoms with Gasteiger partial charge in [-0.05, 0) is 70.5 Å². The van der Waals surface area contributed by atoms with Crippen LogP contribution in [0.2, 0.25) is 0 Å². The molecule has 4 heterocycles. The third-order valence-corrected chi connectivity index (χ3v) is 7.88. The number of piperidine rings is 1. The van der Waals surface area contributed by atoms with Gasteiger partial charge in [0.1, 0.15) is 18.2 Å². The van der Waals surface area contributed by atoms with E-state index in [-0.39, 0.29) is 29.8 Å². The lowest BCUT2D eigenvalue weighted by Crippen LogP contribution is -2.35. The minimum absolute atomic E-state index is 0.0353. The summed E-state index contributed by atoms with van der Waals surface area (Å²) in [5.74, 6) is 0.229. The van der Waals surface area contributed by atoms with E-state index in [2.05, 4.69) is 9.47 Å². The first kappa shape index (κ1) is 28.5. The number of likely N-dealkylation sites (tertiary alicyclic amines) is 1. The minimum Gasteiger partial charge on any atom is -0.478 e. The van der Waals surface area contributed by atoms with Crippen LogP contribution in [-0.4, -0.2) is 56.3 Å². The van der Waals surface area contributed by atoms with Crippen LogP contribution in [0.25, 0.3) is 6.08 Å². The molecule has 0 aliphatic carbocycles. The van der Waals surface area contributed by atoms with Crippen molar-refractivity contribution in [3.05, 3.63) is 81.8 Å². The molecule has 10 heteroatoms. The molecular weight excluding hydrogens is 525 g/mol. The molecule has 1 N–H and O–H groups in total. The number of aromatic nitrogens is 3. The summed E-state index contributed by atoms with van der Waals surface area (Å²) in [6, 6.07) is 12.0. The standard InChI is InChI=1S/C31H34FN5O4/c1-20(31(38)39)14-28-21(2)37(17-25-10-13-40-25)29(34-28)18-36-11-8-23(9-12-36)27-4-3-5-30(35-27)41-19-24-7-6-22(16-33)15-26(24)32/h3-7,14-15,23,25H,8-13,17-19H2,1-2H3,(H,38,39)/b20-14+. The Balaban J connectivity index is 1.21. The lowest BCUT2D eigenvalue weighted by molar-refractivity contribution is -0.132. The number of aliphatic carboxylic acids is 1. The molecule has 5 rings (SSSR count). The van der Waals surface area contributed by atoms with Gasteiger partial charge in [0.15, 0.2) is 0 Å². The van der Waals surface area contributed by atoms with Crippen LogP contribution in [0.15, 0.2) is 42.0 Å². The van der Waals surface area contributed by atoms with E-state index in [1.807, 2.05) is 25.1 Å². The molecule has 9 nitrogen and oxygen atoms in total. The van der Waals surface area contributed by atoms with Crippen molar-refractivity contribution in [2.75, 3.05) is 19.7 Å². The van der Waals surface area contributed by atoms with Crippen molar-refractivity contribution in [3.8, 4) is 11.9 Å². The molecule has 2 aromatic heterocycles. The lowest BCUT2D eigenvalue weighted by atomic mass is 9.93. The summed E-state index contributed by atoms with van der Waals surface area (Å²) in [7, 11) is 0. The molecule has 2 saturated heterocycles. The summed E-state index contributed by atoms with van der Waals surface area (Å²) in [4.78, 5) is 23.3. The minimum atomic E-state index is -0.950. The van der Waals surface area contributed by atoms with Crippen LogP contribution in [-0.2, 0) is 29.2 Å². The molecule has 2 aliphatic heterocycles. The van der Waals surface area contributed by atoms with E-state index in [1.165, 1.54) is 6.07 Å². The quantitative estimate of drug-likeness (QED) is 0.352. The van der Waals surface area contributed by atoms with Gasteiger partial charge in [0.2, 0.25) is 5.88 Å². The van der Waals surface area contributed by atoms with Gasteiger partial charge in [-0.25, -0.2) is 19.2 Å². The van der Waals surface area contributed by atoms with Crippen LogP contribution in [0.1, 0.15) is 66.1 Å². The maximum Gasteiger partial charge on any atom is 0.331 e. The monoisotopic (exact) mass is 559 g/mol. The smallest absolute Gasteiger partial charge is 0.331 e. The molecule has 0 saturated carbocycles. The van der Waals surface area contributed by atoms with Crippen LogP contribution in [0, 0.1) is 24.1 Å². The van der Waals surface area contributed by atoms with Crippen LogP contribution < -0.4 is 4.74 Å². The summed E-state index contributed by atoms with van der Waals surface area (Å²) < 4.78 is 27.9. The number of hydrogen-bond donors (Lipinski definition) is 1. The Morgan fingerprint density at radius 2 is 2.02 bits per heavy atom. The van der Waals surface area contributed by atoms with E-state index in [9.17, 15) is 14.3 Å². The molecule has 0 radical (unpaired) electrons. The van der Waals surface area contributed by atoms with E-state index in [0.717, 1.165) is 56.2 Å². The van der Waals surface area contributed by atoms with Gasteiger partial charge in [0.05, 0.1) is 36.5 Å². The fourth-order valence-corrected chi connectivity index (χ4v) is 5.22. The number of pyridine rings is 1. The molecular formula is C31H34FN5O4. The second kappa shape index (κ2) is 12.6. The van der Waals surface area contributed by atoms with Crippen LogP contribution in [0.3, 0.4) is 0 Å². The van der Waals surface area contributed by atoms with Gasteiger partial charge < -0.3 is 19.1 Å². The van der Waals surface area contributed by atoms with Crippen molar-refractivity contribution in [1.29, 1.82) is 5.26 Å². The summed E-state index contributed by atoms with van der Waals surface area (Å²) >= 11 is 0. The highest BCUT2D eigenvalue weighted by atomic mass is 19.1. The highest BCUT2D eigenvalue weighted by Gasteiger charge is 2.26. The Hall–Kier alpha value is -4.07. The van der Waals surface area contributed by atoms with Crippen molar-refractivity contribution in [1.82, 2.24) is 19.4 Å². The number of nitriles is 1. The van der Waals surface area contributed by atoms with Crippen LogP contribution in [0.4, 0.5) is 4.39 Å². The largest absolute Gasteiger partial charge is 0.478 e. The van der Waals surface area contributed by atoms with Crippen molar-refractivity contribution in [3.63, 3.8) is 0 Å². The van der Waals surface area contributed by atoms with Gasteiger partial charge >= 0.3 is 5.97 Å².